The maximum Gasteiger partial charge on any atom is 0.476 e. The molecule has 0 aromatic heterocycles. The Bertz CT molecular complexity index is 276. The van der Waals surface area contributed by atoms with E-state index in [0.29, 0.717) is 0 Å². The standard InChI is InChI=1S/C5H11F3N2O3S/c1-2-3-4(9)10(5(6,7)8)14(11,12)13/h4H,2-3,9H2,1H3,(H,11,12,13). The molecule has 0 aliphatic rings. The normalized spacial score (nSPS) is 15.9. The van der Waals surface area contributed by atoms with Gasteiger partial charge in [-0.25, -0.2) is 0 Å². The molecular formula is C5H11F3N2O3S. The fourth-order valence-corrected chi connectivity index (χ4v) is 1.61. The summed E-state index contributed by atoms with van der Waals surface area (Å²) in [6.45, 7) is 1.54. The van der Waals surface area contributed by atoms with Gasteiger partial charge in [0.25, 0.3) is 0 Å². The van der Waals surface area contributed by atoms with Crippen LogP contribution in [0.5, 0.6) is 0 Å². The molecule has 1 atom stereocenters. The van der Waals surface area contributed by atoms with E-state index in [1.165, 1.54) is 0 Å². The van der Waals surface area contributed by atoms with Crippen LogP contribution in [0, 0.1) is 0 Å². The molecule has 0 aromatic rings. The first-order valence-corrected chi connectivity index (χ1v) is 5.09. The monoisotopic (exact) mass is 236 g/mol. The number of hydrogen-bond acceptors (Lipinski definition) is 3. The average Bonchev–Trinajstić information content (AvgIpc) is 1.78. The molecule has 0 spiro atoms. The molecule has 1 unspecified atom stereocenters. The molecule has 0 aliphatic carbocycles. The molecule has 0 saturated heterocycles. The quantitative estimate of drug-likeness (QED) is 0.427. The molecule has 9 heteroatoms. The lowest BCUT2D eigenvalue weighted by Crippen LogP contribution is -2.53. The van der Waals surface area contributed by atoms with Gasteiger partial charge in [0.15, 0.2) is 0 Å². The van der Waals surface area contributed by atoms with Crippen molar-refractivity contribution in [3.8, 4) is 0 Å². The molecule has 0 radical (unpaired) electrons. The summed E-state index contributed by atoms with van der Waals surface area (Å²) in [6, 6.07) is 0. The lowest BCUT2D eigenvalue weighted by Gasteiger charge is -2.26. The average molecular weight is 236 g/mol. The number of hydrogen-bond donors (Lipinski definition) is 2. The van der Waals surface area contributed by atoms with Crippen LogP contribution in [-0.4, -0.2) is 29.7 Å². The zero-order valence-electron chi connectivity index (χ0n) is 7.32. The number of alkyl halides is 3. The van der Waals surface area contributed by atoms with E-state index in [9.17, 15) is 21.6 Å². The Morgan fingerprint density at radius 3 is 2.14 bits per heavy atom. The molecule has 86 valence electrons. The topological polar surface area (TPSA) is 83.6 Å². The summed E-state index contributed by atoms with van der Waals surface area (Å²) in [4.78, 5) is 0. The van der Waals surface area contributed by atoms with Crippen LogP contribution in [0.4, 0.5) is 13.2 Å². The van der Waals surface area contributed by atoms with Crippen molar-refractivity contribution in [3.05, 3.63) is 0 Å². The minimum Gasteiger partial charge on any atom is -0.315 e. The summed E-state index contributed by atoms with van der Waals surface area (Å²) in [5.41, 5.74) is 4.97. The van der Waals surface area contributed by atoms with Crippen molar-refractivity contribution in [3.63, 3.8) is 0 Å². The molecule has 0 aliphatic heterocycles. The SMILES string of the molecule is CCCC(N)N(C(F)(F)F)S(=O)(=O)O. The van der Waals surface area contributed by atoms with Crippen LogP contribution in [0.25, 0.3) is 0 Å². The highest BCUT2D eigenvalue weighted by molar-refractivity contribution is 7.83. The second kappa shape index (κ2) is 4.43. The van der Waals surface area contributed by atoms with E-state index in [4.69, 9.17) is 10.3 Å². The van der Waals surface area contributed by atoms with Crippen LogP contribution in [-0.2, 0) is 10.3 Å². The van der Waals surface area contributed by atoms with E-state index in [-0.39, 0.29) is 12.8 Å². The Balaban J connectivity index is 4.94. The maximum absolute atomic E-state index is 12.1. The van der Waals surface area contributed by atoms with Crippen molar-refractivity contribution in [1.82, 2.24) is 4.31 Å². The van der Waals surface area contributed by atoms with Gasteiger partial charge in [0.05, 0.1) is 6.17 Å². The molecule has 14 heavy (non-hydrogen) atoms. The van der Waals surface area contributed by atoms with E-state index < -0.39 is 27.1 Å². The van der Waals surface area contributed by atoms with Crippen LogP contribution in [0.1, 0.15) is 19.8 Å². The van der Waals surface area contributed by atoms with E-state index in [0.717, 1.165) is 0 Å². The summed E-state index contributed by atoms with van der Waals surface area (Å²) in [6.07, 6.45) is -6.93. The maximum atomic E-state index is 12.1. The third kappa shape index (κ3) is 3.78. The summed E-state index contributed by atoms with van der Waals surface area (Å²) in [5, 5.41) is 0. The van der Waals surface area contributed by atoms with Gasteiger partial charge >= 0.3 is 16.6 Å². The number of nitrogens with zero attached hydrogens (tertiary/aromatic N) is 1. The zero-order valence-corrected chi connectivity index (χ0v) is 8.14. The van der Waals surface area contributed by atoms with Gasteiger partial charge in [-0.2, -0.15) is 21.6 Å². The Hall–Kier alpha value is -0.380. The largest absolute Gasteiger partial charge is 0.476 e. The predicted molar refractivity (Wildman–Crippen MR) is 42.3 cm³/mol. The fourth-order valence-electron chi connectivity index (χ4n) is 0.903. The molecular weight excluding hydrogens is 225 g/mol. The first-order valence-electron chi connectivity index (χ1n) is 3.70. The van der Waals surface area contributed by atoms with Crippen LogP contribution in [0.15, 0.2) is 0 Å². The smallest absolute Gasteiger partial charge is 0.315 e. The van der Waals surface area contributed by atoms with Crippen LogP contribution >= 0.6 is 0 Å². The van der Waals surface area contributed by atoms with Gasteiger partial charge < -0.3 is 5.73 Å². The molecule has 0 bridgehead atoms. The van der Waals surface area contributed by atoms with Crippen molar-refractivity contribution in [2.45, 2.75) is 32.2 Å². The van der Waals surface area contributed by atoms with Crippen LogP contribution < -0.4 is 5.73 Å². The minimum atomic E-state index is -5.36. The second-order valence-electron chi connectivity index (χ2n) is 2.60. The number of halogens is 3. The first kappa shape index (κ1) is 13.6. The van der Waals surface area contributed by atoms with Crippen LogP contribution in [0.3, 0.4) is 0 Å². The summed E-state index contributed by atoms with van der Waals surface area (Å²) >= 11 is 0. The molecule has 0 fully saturated rings. The third-order valence-electron chi connectivity index (χ3n) is 1.38. The summed E-state index contributed by atoms with van der Waals surface area (Å²) < 4.78 is 64.3. The molecule has 5 nitrogen and oxygen atoms in total. The molecule has 0 amide bonds. The van der Waals surface area contributed by atoms with Gasteiger partial charge in [0, 0.05) is 0 Å². The summed E-state index contributed by atoms with van der Waals surface area (Å²) in [5.74, 6) is 0. The van der Waals surface area contributed by atoms with E-state index in [1.807, 2.05) is 0 Å². The zero-order chi connectivity index (χ0) is 11.6. The minimum absolute atomic E-state index is 0.195. The molecule has 0 saturated carbocycles. The lowest BCUT2D eigenvalue weighted by atomic mass is 10.3. The second-order valence-corrected chi connectivity index (χ2v) is 3.89. The highest BCUT2D eigenvalue weighted by Gasteiger charge is 2.48. The third-order valence-corrected chi connectivity index (χ3v) is 2.36. The molecule has 0 aromatic carbocycles. The van der Waals surface area contributed by atoms with Gasteiger partial charge in [-0.1, -0.05) is 17.6 Å². The molecule has 0 rings (SSSR count). The van der Waals surface area contributed by atoms with Crippen molar-refractivity contribution in [1.29, 1.82) is 0 Å². The van der Waals surface area contributed by atoms with Gasteiger partial charge in [0.2, 0.25) is 0 Å². The Morgan fingerprint density at radius 1 is 1.50 bits per heavy atom. The number of nitrogens with two attached hydrogens (primary N) is 1. The molecule has 0 heterocycles. The van der Waals surface area contributed by atoms with E-state index in [2.05, 4.69) is 0 Å². The Labute approximate surface area is 79.6 Å². The van der Waals surface area contributed by atoms with Gasteiger partial charge in [0.1, 0.15) is 0 Å². The van der Waals surface area contributed by atoms with Crippen molar-refractivity contribution < 1.29 is 26.1 Å². The first-order chi connectivity index (χ1) is 6.10. The van der Waals surface area contributed by atoms with E-state index >= 15 is 0 Å². The number of rotatable bonds is 4. The highest BCUT2D eigenvalue weighted by atomic mass is 32.2. The highest BCUT2D eigenvalue weighted by Crippen LogP contribution is 2.26. The van der Waals surface area contributed by atoms with Crippen LogP contribution in [0.2, 0.25) is 0 Å². The van der Waals surface area contributed by atoms with Crippen molar-refractivity contribution in [2.24, 2.45) is 5.73 Å². The summed E-state index contributed by atoms with van der Waals surface area (Å²) in [7, 11) is -5.36. The van der Waals surface area contributed by atoms with Gasteiger partial charge in [-0.15, -0.1) is 0 Å². The molecule has 3 N–H and O–H groups in total. The Kier molecular flexibility index (Phi) is 4.31. The predicted octanol–water partition coefficient (Wildman–Crippen LogP) is 0.696. The van der Waals surface area contributed by atoms with Crippen molar-refractivity contribution in [2.75, 3.05) is 0 Å². The lowest BCUT2D eigenvalue weighted by molar-refractivity contribution is -0.223. The van der Waals surface area contributed by atoms with Crippen molar-refractivity contribution >= 4 is 10.3 Å². The Morgan fingerprint density at radius 2 is 1.93 bits per heavy atom. The van der Waals surface area contributed by atoms with Gasteiger partial charge in [-0.05, 0) is 6.42 Å². The van der Waals surface area contributed by atoms with Gasteiger partial charge in [-0.3, -0.25) is 4.55 Å². The fraction of sp³-hybridized carbons (Fsp3) is 1.00. The van der Waals surface area contributed by atoms with E-state index in [1.54, 1.807) is 6.92 Å².